The first kappa shape index (κ1) is 13.1. The highest BCUT2D eigenvalue weighted by Gasteiger charge is 2.19. The number of fused-ring (bicyclic) bond motifs is 2. The van der Waals surface area contributed by atoms with Crippen LogP contribution in [0, 0.1) is 5.92 Å². The lowest BCUT2D eigenvalue weighted by Crippen LogP contribution is -2.32. The second kappa shape index (κ2) is 5.02. The van der Waals surface area contributed by atoms with Crippen molar-refractivity contribution in [2.24, 2.45) is 5.92 Å². The molecule has 1 atom stereocenters. The third kappa shape index (κ3) is 2.09. The monoisotopic (exact) mass is 292 g/mol. The van der Waals surface area contributed by atoms with Gasteiger partial charge in [0.05, 0.1) is 11.2 Å². The molecular formula is C17H16N4O. The maximum absolute atomic E-state index is 12.6. The minimum absolute atomic E-state index is 0.0286. The fourth-order valence-corrected chi connectivity index (χ4v) is 2.98. The normalized spacial score (nSPS) is 17.4. The largest absolute Gasteiger partial charge is 0.295 e. The molecule has 0 aromatic carbocycles. The maximum Gasteiger partial charge on any atom is 0.280 e. The van der Waals surface area contributed by atoms with Crippen molar-refractivity contribution in [3.8, 4) is 11.3 Å². The Morgan fingerprint density at radius 1 is 1.27 bits per heavy atom. The molecule has 1 unspecified atom stereocenters. The van der Waals surface area contributed by atoms with Gasteiger partial charge in [0.2, 0.25) is 0 Å². The van der Waals surface area contributed by atoms with E-state index in [0.29, 0.717) is 17.0 Å². The summed E-state index contributed by atoms with van der Waals surface area (Å²) in [5, 5.41) is 0. The Hall–Kier alpha value is -2.56. The van der Waals surface area contributed by atoms with Crippen molar-refractivity contribution in [2.45, 2.75) is 26.3 Å². The zero-order valence-corrected chi connectivity index (χ0v) is 12.4. The van der Waals surface area contributed by atoms with Crippen LogP contribution in [-0.2, 0) is 13.0 Å². The van der Waals surface area contributed by atoms with Crippen LogP contribution in [0.3, 0.4) is 0 Å². The minimum atomic E-state index is -0.0286. The topological polar surface area (TPSA) is 60.7 Å². The standard InChI is InChI=1S/C17H16N4O/c1-11-5-6-15-20-14-8-12(13-4-2-3-7-18-13)9-19-16(14)17(22)21(15)10-11/h2-4,7-9,11H,5-6,10H2,1H3. The van der Waals surface area contributed by atoms with Gasteiger partial charge in [-0.15, -0.1) is 0 Å². The quantitative estimate of drug-likeness (QED) is 0.691. The average molecular weight is 292 g/mol. The molecule has 0 spiro atoms. The number of hydrogen-bond donors (Lipinski definition) is 0. The summed E-state index contributed by atoms with van der Waals surface area (Å²) in [7, 11) is 0. The van der Waals surface area contributed by atoms with Crippen molar-refractivity contribution in [1.29, 1.82) is 0 Å². The Morgan fingerprint density at radius 2 is 2.18 bits per heavy atom. The molecule has 5 nitrogen and oxygen atoms in total. The third-order valence-electron chi connectivity index (χ3n) is 4.19. The molecule has 0 amide bonds. The molecule has 0 saturated carbocycles. The Bertz CT molecular complexity index is 902. The molecule has 0 fully saturated rings. The molecule has 0 bridgehead atoms. The van der Waals surface area contributed by atoms with Gasteiger partial charge in [-0.3, -0.25) is 14.3 Å². The number of nitrogens with zero attached hydrogens (tertiary/aromatic N) is 4. The number of aryl methyl sites for hydroxylation is 1. The van der Waals surface area contributed by atoms with Crippen molar-refractivity contribution in [3.63, 3.8) is 0 Å². The molecule has 22 heavy (non-hydrogen) atoms. The van der Waals surface area contributed by atoms with Crippen LogP contribution in [0.15, 0.2) is 41.5 Å². The average Bonchev–Trinajstić information content (AvgIpc) is 2.56. The predicted octanol–water partition coefficient (Wildman–Crippen LogP) is 2.44. The summed E-state index contributed by atoms with van der Waals surface area (Å²) in [6, 6.07) is 7.64. The number of aromatic nitrogens is 4. The molecule has 1 aliphatic rings. The van der Waals surface area contributed by atoms with Crippen molar-refractivity contribution in [3.05, 3.63) is 52.8 Å². The third-order valence-corrected chi connectivity index (χ3v) is 4.19. The Morgan fingerprint density at radius 3 is 3.00 bits per heavy atom. The highest BCUT2D eigenvalue weighted by Crippen LogP contribution is 2.21. The lowest BCUT2D eigenvalue weighted by atomic mass is 10.0. The van der Waals surface area contributed by atoms with Crippen molar-refractivity contribution < 1.29 is 0 Å². The molecule has 4 rings (SSSR count). The van der Waals surface area contributed by atoms with Gasteiger partial charge < -0.3 is 0 Å². The Balaban J connectivity index is 1.91. The summed E-state index contributed by atoms with van der Waals surface area (Å²) in [5.74, 6) is 1.38. The van der Waals surface area contributed by atoms with E-state index in [1.54, 1.807) is 17.0 Å². The molecule has 3 aromatic heterocycles. The molecule has 4 heterocycles. The van der Waals surface area contributed by atoms with Gasteiger partial charge in [0, 0.05) is 30.9 Å². The van der Waals surface area contributed by atoms with E-state index in [4.69, 9.17) is 0 Å². The van der Waals surface area contributed by atoms with E-state index in [1.807, 2.05) is 24.3 Å². The molecule has 0 saturated heterocycles. The lowest BCUT2D eigenvalue weighted by Gasteiger charge is -2.22. The molecule has 0 aliphatic carbocycles. The van der Waals surface area contributed by atoms with Crippen LogP contribution in [0.2, 0.25) is 0 Å². The van der Waals surface area contributed by atoms with Gasteiger partial charge in [0.1, 0.15) is 5.82 Å². The molecular weight excluding hydrogens is 276 g/mol. The van der Waals surface area contributed by atoms with E-state index in [9.17, 15) is 4.79 Å². The van der Waals surface area contributed by atoms with E-state index in [-0.39, 0.29) is 5.56 Å². The van der Waals surface area contributed by atoms with Crippen LogP contribution < -0.4 is 5.56 Å². The van der Waals surface area contributed by atoms with Gasteiger partial charge in [-0.25, -0.2) is 9.97 Å². The second-order valence-corrected chi connectivity index (χ2v) is 5.89. The predicted molar refractivity (Wildman–Crippen MR) is 84.5 cm³/mol. The van der Waals surface area contributed by atoms with Gasteiger partial charge >= 0.3 is 0 Å². The summed E-state index contributed by atoms with van der Waals surface area (Å²) in [6.07, 6.45) is 5.37. The fourth-order valence-electron chi connectivity index (χ4n) is 2.98. The first-order valence-electron chi connectivity index (χ1n) is 7.53. The lowest BCUT2D eigenvalue weighted by molar-refractivity contribution is 0.381. The number of pyridine rings is 2. The van der Waals surface area contributed by atoms with E-state index >= 15 is 0 Å². The molecule has 3 aromatic rings. The van der Waals surface area contributed by atoms with Crippen molar-refractivity contribution in [1.82, 2.24) is 19.5 Å². The molecule has 110 valence electrons. The van der Waals surface area contributed by atoms with E-state index in [0.717, 1.165) is 36.5 Å². The van der Waals surface area contributed by atoms with Gasteiger partial charge in [-0.2, -0.15) is 0 Å². The van der Waals surface area contributed by atoms with Crippen LogP contribution >= 0.6 is 0 Å². The molecule has 1 aliphatic heterocycles. The van der Waals surface area contributed by atoms with Gasteiger partial charge in [-0.05, 0) is 30.5 Å². The highest BCUT2D eigenvalue weighted by atomic mass is 16.1. The summed E-state index contributed by atoms with van der Waals surface area (Å²) in [4.78, 5) is 26.0. The van der Waals surface area contributed by atoms with E-state index in [1.165, 1.54) is 0 Å². The zero-order chi connectivity index (χ0) is 15.1. The first-order chi connectivity index (χ1) is 10.7. The molecule has 0 N–H and O–H groups in total. The smallest absolute Gasteiger partial charge is 0.280 e. The Kier molecular flexibility index (Phi) is 2.99. The summed E-state index contributed by atoms with van der Waals surface area (Å²) in [6.45, 7) is 2.90. The summed E-state index contributed by atoms with van der Waals surface area (Å²) in [5.41, 5.74) is 2.80. The highest BCUT2D eigenvalue weighted by molar-refractivity contribution is 5.78. The zero-order valence-electron chi connectivity index (χ0n) is 12.4. The molecule has 0 radical (unpaired) electrons. The summed E-state index contributed by atoms with van der Waals surface area (Å²) >= 11 is 0. The van der Waals surface area contributed by atoms with Gasteiger partial charge in [-0.1, -0.05) is 13.0 Å². The van der Waals surface area contributed by atoms with Gasteiger partial charge in [0.15, 0.2) is 5.52 Å². The van der Waals surface area contributed by atoms with Crippen LogP contribution in [0.5, 0.6) is 0 Å². The number of hydrogen-bond acceptors (Lipinski definition) is 4. The SMILES string of the molecule is CC1CCc2nc3cc(-c4ccccn4)cnc3c(=O)n2C1. The maximum atomic E-state index is 12.6. The van der Waals surface area contributed by atoms with Crippen LogP contribution in [0.25, 0.3) is 22.3 Å². The van der Waals surface area contributed by atoms with E-state index in [2.05, 4.69) is 21.9 Å². The Labute approximate surface area is 127 Å². The van der Waals surface area contributed by atoms with Crippen LogP contribution in [0.4, 0.5) is 0 Å². The van der Waals surface area contributed by atoms with E-state index < -0.39 is 0 Å². The van der Waals surface area contributed by atoms with Crippen LogP contribution in [0.1, 0.15) is 19.2 Å². The first-order valence-corrected chi connectivity index (χ1v) is 7.53. The van der Waals surface area contributed by atoms with Gasteiger partial charge in [0.25, 0.3) is 5.56 Å². The number of rotatable bonds is 1. The second-order valence-electron chi connectivity index (χ2n) is 5.89. The fraction of sp³-hybridized carbons (Fsp3) is 0.294. The minimum Gasteiger partial charge on any atom is -0.295 e. The molecule has 5 heteroatoms. The van der Waals surface area contributed by atoms with Crippen molar-refractivity contribution >= 4 is 11.0 Å². The van der Waals surface area contributed by atoms with Crippen molar-refractivity contribution in [2.75, 3.05) is 0 Å². The summed E-state index contributed by atoms with van der Waals surface area (Å²) < 4.78 is 1.78. The van der Waals surface area contributed by atoms with Crippen LogP contribution in [-0.4, -0.2) is 19.5 Å².